The summed E-state index contributed by atoms with van der Waals surface area (Å²) in [5, 5.41) is 4.16. The van der Waals surface area contributed by atoms with Gasteiger partial charge in [0, 0.05) is 25.7 Å². The van der Waals surface area contributed by atoms with Crippen LogP contribution in [0.5, 0.6) is 0 Å². The van der Waals surface area contributed by atoms with Gasteiger partial charge < -0.3 is 5.73 Å². The number of aromatic nitrogens is 3. The Balaban J connectivity index is 1.98. The zero-order valence-corrected chi connectivity index (χ0v) is 9.43. The second-order valence-electron chi connectivity index (χ2n) is 4.33. The van der Waals surface area contributed by atoms with Gasteiger partial charge in [0.1, 0.15) is 12.2 Å². The number of hydrogen-bond acceptors (Lipinski definition) is 4. The third-order valence-electron chi connectivity index (χ3n) is 3.11. The van der Waals surface area contributed by atoms with Crippen molar-refractivity contribution in [2.75, 3.05) is 13.1 Å². The van der Waals surface area contributed by atoms with Gasteiger partial charge >= 0.3 is 0 Å². The number of aryl methyl sites for hydroxylation is 1. The molecule has 1 fully saturated rings. The minimum absolute atomic E-state index is 0.308. The van der Waals surface area contributed by atoms with E-state index in [4.69, 9.17) is 5.73 Å². The predicted octanol–water partition coefficient (Wildman–Crippen LogP) is 0.0770. The van der Waals surface area contributed by atoms with Crippen molar-refractivity contribution in [2.45, 2.75) is 33.0 Å². The van der Waals surface area contributed by atoms with Crippen LogP contribution < -0.4 is 5.73 Å². The Bertz CT molecular complexity index is 311. The highest BCUT2D eigenvalue weighted by Crippen LogP contribution is 2.16. The summed E-state index contributed by atoms with van der Waals surface area (Å²) in [4.78, 5) is 6.62. The van der Waals surface area contributed by atoms with Crippen LogP contribution in [0.2, 0.25) is 0 Å². The molecule has 2 rings (SSSR count). The summed E-state index contributed by atoms with van der Waals surface area (Å²) in [5.74, 6) is 1.63. The highest BCUT2D eigenvalue weighted by atomic mass is 15.3. The van der Waals surface area contributed by atoms with E-state index >= 15 is 0 Å². The predicted molar refractivity (Wildman–Crippen MR) is 58.1 cm³/mol. The number of likely N-dealkylation sites (tertiary alicyclic amines) is 1. The van der Waals surface area contributed by atoms with E-state index in [-0.39, 0.29) is 0 Å². The summed E-state index contributed by atoms with van der Waals surface area (Å²) in [7, 11) is 0. The molecule has 2 N–H and O–H groups in total. The lowest BCUT2D eigenvalue weighted by Gasteiger charge is -2.14. The lowest BCUT2D eigenvalue weighted by molar-refractivity contribution is 0.303. The Kier molecular flexibility index (Phi) is 3.02. The van der Waals surface area contributed by atoms with E-state index in [1.807, 2.05) is 4.68 Å². The summed E-state index contributed by atoms with van der Waals surface area (Å²) in [6, 6.07) is 0.308. The zero-order valence-electron chi connectivity index (χ0n) is 9.43. The summed E-state index contributed by atoms with van der Waals surface area (Å²) in [6.45, 7) is 8.07. The van der Waals surface area contributed by atoms with Crippen LogP contribution in [0.1, 0.15) is 19.7 Å². The lowest BCUT2D eigenvalue weighted by Crippen LogP contribution is -2.28. The van der Waals surface area contributed by atoms with Gasteiger partial charge in [0.25, 0.3) is 0 Å². The largest absolute Gasteiger partial charge is 0.326 e. The topological polar surface area (TPSA) is 60.0 Å². The standard InChI is InChI=1S/C10H19N5/c1-3-15-10(12-7-13-15)6-14-4-8(2)9(11)5-14/h7-9H,3-6,11H2,1-2H3. The first-order valence-corrected chi connectivity index (χ1v) is 5.55. The van der Waals surface area contributed by atoms with Gasteiger partial charge in [0.2, 0.25) is 0 Å². The molecule has 2 unspecified atom stereocenters. The molecule has 2 heterocycles. The molecule has 0 aromatic carbocycles. The van der Waals surface area contributed by atoms with E-state index in [0.717, 1.165) is 32.0 Å². The van der Waals surface area contributed by atoms with E-state index < -0.39 is 0 Å². The van der Waals surface area contributed by atoms with Crippen LogP contribution in [0, 0.1) is 5.92 Å². The molecule has 5 nitrogen and oxygen atoms in total. The number of nitrogens with zero attached hydrogens (tertiary/aromatic N) is 4. The van der Waals surface area contributed by atoms with E-state index in [2.05, 4.69) is 28.8 Å². The van der Waals surface area contributed by atoms with Gasteiger partial charge in [-0.2, -0.15) is 5.10 Å². The maximum atomic E-state index is 5.98. The summed E-state index contributed by atoms with van der Waals surface area (Å²) >= 11 is 0. The number of nitrogens with two attached hydrogens (primary N) is 1. The first-order chi connectivity index (χ1) is 7.20. The maximum absolute atomic E-state index is 5.98. The molecule has 1 saturated heterocycles. The van der Waals surface area contributed by atoms with Crippen LogP contribution in [0.4, 0.5) is 0 Å². The number of rotatable bonds is 3. The van der Waals surface area contributed by atoms with Crippen LogP contribution in [0.15, 0.2) is 6.33 Å². The first-order valence-electron chi connectivity index (χ1n) is 5.55. The van der Waals surface area contributed by atoms with Crippen LogP contribution in [0.25, 0.3) is 0 Å². The fourth-order valence-corrected chi connectivity index (χ4v) is 2.10. The molecule has 0 spiro atoms. The van der Waals surface area contributed by atoms with Gasteiger partial charge in [-0.1, -0.05) is 6.92 Å². The van der Waals surface area contributed by atoms with Gasteiger partial charge in [-0.05, 0) is 12.8 Å². The average molecular weight is 209 g/mol. The molecule has 0 amide bonds. The normalized spacial score (nSPS) is 27.4. The van der Waals surface area contributed by atoms with Gasteiger partial charge in [-0.3, -0.25) is 4.90 Å². The second kappa shape index (κ2) is 4.28. The lowest BCUT2D eigenvalue weighted by atomic mass is 10.1. The van der Waals surface area contributed by atoms with E-state index in [9.17, 15) is 0 Å². The smallest absolute Gasteiger partial charge is 0.140 e. The van der Waals surface area contributed by atoms with E-state index in [1.165, 1.54) is 0 Å². The zero-order chi connectivity index (χ0) is 10.8. The molecule has 0 aliphatic carbocycles. The minimum Gasteiger partial charge on any atom is -0.326 e. The Hall–Kier alpha value is -0.940. The SMILES string of the molecule is CCn1ncnc1CN1CC(C)C(N)C1. The molecule has 1 aromatic heterocycles. The first kappa shape index (κ1) is 10.6. The Labute approximate surface area is 90.3 Å². The van der Waals surface area contributed by atoms with Crippen LogP contribution in [0.3, 0.4) is 0 Å². The molecule has 15 heavy (non-hydrogen) atoms. The molecule has 84 valence electrons. The molecular formula is C10H19N5. The molecule has 0 saturated carbocycles. The average Bonchev–Trinajstić information content (AvgIpc) is 2.75. The van der Waals surface area contributed by atoms with Crippen LogP contribution in [-0.4, -0.2) is 38.8 Å². The van der Waals surface area contributed by atoms with Crippen LogP contribution in [-0.2, 0) is 13.1 Å². The van der Waals surface area contributed by atoms with Crippen molar-refractivity contribution in [2.24, 2.45) is 11.7 Å². The highest BCUT2D eigenvalue weighted by molar-refractivity contribution is 4.90. The molecule has 1 aliphatic rings. The monoisotopic (exact) mass is 209 g/mol. The molecule has 5 heteroatoms. The molecule has 0 bridgehead atoms. The van der Waals surface area contributed by atoms with Crippen molar-refractivity contribution < 1.29 is 0 Å². The van der Waals surface area contributed by atoms with Crippen LogP contribution >= 0.6 is 0 Å². The Morgan fingerprint density at radius 2 is 2.33 bits per heavy atom. The Morgan fingerprint density at radius 3 is 2.93 bits per heavy atom. The van der Waals surface area contributed by atoms with Crippen molar-refractivity contribution in [1.29, 1.82) is 0 Å². The van der Waals surface area contributed by atoms with Crippen molar-refractivity contribution >= 4 is 0 Å². The second-order valence-corrected chi connectivity index (χ2v) is 4.33. The Morgan fingerprint density at radius 1 is 1.53 bits per heavy atom. The van der Waals surface area contributed by atoms with Crippen molar-refractivity contribution in [3.05, 3.63) is 12.2 Å². The minimum atomic E-state index is 0.308. The fourth-order valence-electron chi connectivity index (χ4n) is 2.10. The quantitative estimate of drug-likeness (QED) is 0.765. The van der Waals surface area contributed by atoms with E-state index in [0.29, 0.717) is 12.0 Å². The summed E-state index contributed by atoms with van der Waals surface area (Å²) in [5.41, 5.74) is 5.98. The summed E-state index contributed by atoms with van der Waals surface area (Å²) in [6.07, 6.45) is 1.62. The van der Waals surface area contributed by atoms with Crippen molar-refractivity contribution in [1.82, 2.24) is 19.7 Å². The maximum Gasteiger partial charge on any atom is 0.140 e. The van der Waals surface area contributed by atoms with Gasteiger partial charge in [0.15, 0.2) is 0 Å². The molecule has 0 radical (unpaired) electrons. The fraction of sp³-hybridized carbons (Fsp3) is 0.800. The van der Waals surface area contributed by atoms with Crippen molar-refractivity contribution in [3.8, 4) is 0 Å². The molecule has 1 aromatic rings. The number of hydrogen-bond donors (Lipinski definition) is 1. The highest BCUT2D eigenvalue weighted by Gasteiger charge is 2.27. The van der Waals surface area contributed by atoms with Gasteiger partial charge in [-0.15, -0.1) is 0 Å². The van der Waals surface area contributed by atoms with Gasteiger partial charge in [-0.25, -0.2) is 9.67 Å². The third-order valence-corrected chi connectivity index (χ3v) is 3.11. The molecule has 1 aliphatic heterocycles. The summed E-state index contributed by atoms with van der Waals surface area (Å²) < 4.78 is 1.94. The van der Waals surface area contributed by atoms with Gasteiger partial charge in [0.05, 0.1) is 6.54 Å². The molecular weight excluding hydrogens is 190 g/mol. The van der Waals surface area contributed by atoms with Crippen molar-refractivity contribution in [3.63, 3.8) is 0 Å². The third kappa shape index (κ3) is 2.18. The molecule has 2 atom stereocenters. The van der Waals surface area contributed by atoms with E-state index in [1.54, 1.807) is 6.33 Å².